The first-order valence-corrected chi connectivity index (χ1v) is 5.32. The quantitative estimate of drug-likeness (QED) is 0.779. The molecule has 2 heteroatoms. The van der Waals surface area contributed by atoms with E-state index in [0.29, 0.717) is 0 Å². The van der Waals surface area contributed by atoms with Gasteiger partial charge in [-0.3, -0.25) is 4.90 Å². The zero-order valence-corrected chi connectivity index (χ0v) is 8.74. The van der Waals surface area contributed by atoms with Crippen LogP contribution < -0.4 is 5.32 Å². The molecule has 1 aliphatic rings. The summed E-state index contributed by atoms with van der Waals surface area (Å²) < 4.78 is 0. The summed E-state index contributed by atoms with van der Waals surface area (Å²) in [4.78, 5) is 2.47. The molecule has 76 valence electrons. The summed E-state index contributed by atoms with van der Waals surface area (Å²) in [5.41, 5.74) is 1.49. The van der Waals surface area contributed by atoms with Crippen molar-refractivity contribution in [1.29, 1.82) is 0 Å². The van der Waals surface area contributed by atoms with Gasteiger partial charge in [-0.1, -0.05) is 30.3 Å². The molecule has 0 spiro atoms. The number of hydrogen-bond acceptors (Lipinski definition) is 2. The average Bonchev–Trinajstić information content (AvgIpc) is 2.68. The number of rotatable bonds is 3. The largest absolute Gasteiger partial charge is 0.307 e. The molecule has 0 aromatic heterocycles. The van der Waals surface area contributed by atoms with Gasteiger partial charge in [-0.25, -0.2) is 0 Å². The molecule has 0 bridgehead atoms. The molecule has 0 radical (unpaired) electrons. The molecule has 1 N–H and O–H groups in total. The van der Waals surface area contributed by atoms with Crippen LogP contribution in [-0.2, 0) is 0 Å². The van der Waals surface area contributed by atoms with E-state index in [-0.39, 0.29) is 0 Å². The Morgan fingerprint density at radius 3 is 2.86 bits per heavy atom. The van der Waals surface area contributed by atoms with Crippen LogP contribution in [0.5, 0.6) is 0 Å². The molecule has 1 aromatic carbocycles. The van der Waals surface area contributed by atoms with Crippen molar-refractivity contribution in [3.63, 3.8) is 0 Å². The van der Waals surface area contributed by atoms with E-state index in [1.165, 1.54) is 25.1 Å². The summed E-state index contributed by atoms with van der Waals surface area (Å²) in [5, 5.41) is 3.21. The molecule has 0 amide bonds. The maximum absolute atomic E-state index is 3.21. The van der Waals surface area contributed by atoms with Crippen molar-refractivity contribution in [2.24, 2.45) is 0 Å². The highest BCUT2D eigenvalue weighted by atomic mass is 15.2. The molecule has 0 aliphatic carbocycles. The minimum Gasteiger partial charge on any atom is -0.307 e. The molecule has 1 fully saturated rings. The van der Waals surface area contributed by atoms with E-state index in [0.717, 1.165) is 12.6 Å². The molecular weight excluding hydrogens is 172 g/mol. The number of benzene rings is 1. The van der Waals surface area contributed by atoms with E-state index in [1.54, 1.807) is 0 Å². The summed E-state index contributed by atoms with van der Waals surface area (Å²) in [6.45, 7) is 3.44. The standard InChI is InChI=1S/C12H18N2/c1-13-10-14-8-7-12(9-14)11-5-3-2-4-6-11/h2-6,12-13H,7-10H2,1H3. The first kappa shape index (κ1) is 9.69. The van der Waals surface area contributed by atoms with Gasteiger partial charge in [0, 0.05) is 19.8 Å². The van der Waals surface area contributed by atoms with E-state index in [2.05, 4.69) is 40.5 Å². The molecule has 1 aromatic rings. The van der Waals surface area contributed by atoms with Crippen LogP contribution in [0.25, 0.3) is 0 Å². The van der Waals surface area contributed by atoms with Crippen LogP contribution in [0.1, 0.15) is 17.9 Å². The minimum absolute atomic E-state index is 0.740. The fourth-order valence-corrected chi connectivity index (χ4v) is 2.20. The van der Waals surface area contributed by atoms with Gasteiger partial charge in [0.25, 0.3) is 0 Å². The van der Waals surface area contributed by atoms with Crippen molar-refractivity contribution in [2.75, 3.05) is 26.8 Å². The zero-order chi connectivity index (χ0) is 9.80. The van der Waals surface area contributed by atoms with E-state index >= 15 is 0 Å². The number of hydrogen-bond donors (Lipinski definition) is 1. The fourth-order valence-electron chi connectivity index (χ4n) is 2.20. The number of nitrogens with zero attached hydrogens (tertiary/aromatic N) is 1. The molecular formula is C12H18N2. The van der Waals surface area contributed by atoms with E-state index < -0.39 is 0 Å². The third-order valence-corrected chi connectivity index (χ3v) is 2.93. The van der Waals surface area contributed by atoms with Crippen LogP contribution >= 0.6 is 0 Å². The van der Waals surface area contributed by atoms with E-state index in [1.807, 2.05) is 7.05 Å². The van der Waals surface area contributed by atoms with Crippen LogP contribution in [0.2, 0.25) is 0 Å². The molecule has 14 heavy (non-hydrogen) atoms. The second kappa shape index (κ2) is 4.58. The lowest BCUT2D eigenvalue weighted by molar-refractivity contribution is 0.317. The van der Waals surface area contributed by atoms with Crippen molar-refractivity contribution in [3.05, 3.63) is 35.9 Å². The van der Waals surface area contributed by atoms with Crippen molar-refractivity contribution in [3.8, 4) is 0 Å². The van der Waals surface area contributed by atoms with E-state index in [9.17, 15) is 0 Å². The Hall–Kier alpha value is -0.860. The molecule has 1 aliphatic heterocycles. The molecule has 1 unspecified atom stereocenters. The van der Waals surface area contributed by atoms with Gasteiger partial charge in [-0.15, -0.1) is 0 Å². The Balaban J connectivity index is 1.96. The van der Waals surface area contributed by atoms with E-state index in [4.69, 9.17) is 0 Å². The molecule has 2 rings (SSSR count). The predicted molar refractivity (Wildman–Crippen MR) is 59.3 cm³/mol. The molecule has 0 saturated carbocycles. The summed E-state index contributed by atoms with van der Waals surface area (Å²) in [6.07, 6.45) is 1.30. The number of likely N-dealkylation sites (tertiary alicyclic amines) is 1. The second-order valence-corrected chi connectivity index (χ2v) is 3.98. The van der Waals surface area contributed by atoms with Gasteiger partial charge in [0.2, 0.25) is 0 Å². The highest BCUT2D eigenvalue weighted by Crippen LogP contribution is 2.26. The van der Waals surface area contributed by atoms with Crippen LogP contribution in [0.4, 0.5) is 0 Å². The Morgan fingerprint density at radius 1 is 1.36 bits per heavy atom. The predicted octanol–water partition coefficient (Wildman–Crippen LogP) is 1.65. The summed E-state index contributed by atoms with van der Waals surface area (Å²) in [7, 11) is 2.01. The summed E-state index contributed by atoms with van der Waals surface area (Å²) in [5.74, 6) is 0.740. The Labute approximate surface area is 85.9 Å². The lowest BCUT2D eigenvalue weighted by Gasteiger charge is -2.15. The van der Waals surface area contributed by atoms with Gasteiger partial charge in [0.1, 0.15) is 0 Å². The molecule has 1 saturated heterocycles. The number of nitrogens with one attached hydrogen (secondary N) is 1. The summed E-state index contributed by atoms with van der Waals surface area (Å²) >= 11 is 0. The van der Waals surface area contributed by atoms with Crippen molar-refractivity contribution in [2.45, 2.75) is 12.3 Å². The van der Waals surface area contributed by atoms with Crippen molar-refractivity contribution in [1.82, 2.24) is 10.2 Å². The molecule has 2 nitrogen and oxygen atoms in total. The Kier molecular flexibility index (Phi) is 3.17. The fraction of sp³-hybridized carbons (Fsp3) is 0.500. The van der Waals surface area contributed by atoms with Gasteiger partial charge in [0.05, 0.1) is 0 Å². The van der Waals surface area contributed by atoms with Gasteiger partial charge >= 0.3 is 0 Å². The first-order chi connectivity index (χ1) is 6.90. The highest BCUT2D eigenvalue weighted by Gasteiger charge is 2.22. The Bertz CT molecular complexity index is 271. The average molecular weight is 190 g/mol. The SMILES string of the molecule is CNCN1CCC(c2ccccc2)C1. The second-order valence-electron chi connectivity index (χ2n) is 3.98. The maximum Gasteiger partial charge on any atom is 0.0478 e. The Morgan fingerprint density at radius 2 is 2.14 bits per heavy atom. The van der Waals surface area contributed by atoms with Crippen LogP contribution in [-0.4, -0.2) is 31.7 Å². The normalized spacial score (nSPS) is 22.8. The van der Waals surface area contributed by atoms with Gasteiger partial charge in [-0.2, -0.15) is 0 Å². The van der Waals surface area contributed by atoms with Crippen molar-refractivity contribution < 1.29 is 0 Å². The third-order valence-electron chi connectivity index (χ3n) is 2.93. The summed E-state index contributed by atoms with van der Waals surface area (Å²) in [6, 6.07) is 10.8. The lowest BCUT2D eigenvalue weighted by atomic mass is 9.99. The van der Waals surface area contributed by atoms with Crippen molar-refractivity contribution >= 4 is 0 Å². The van der Waals surface area contributed by atoms with Gasteiger partial charge in [-0.05, 0) is 24.9 Å². The topological polar surface area (TPSA) is 15.3 Å². The van der Waals surface area contributed by atoms with Gasteiger partial charge in [0.15, 0.2) is 0 Å². The zero-order valence-electron chi connectivity index (χ0n) is 8.74. The van der Waals surface area contributed by atoms with Crippen LogP contribution in [0.15, 0.2) is 30.3 Å². The third kappa shape index (κ3) is 2.14. The minimum atomic E-state index is 0.740. The lowest BCUT2D eigenvalue weighted by Crippen LogP contribution is -2.29. The highest BCUT2D eigenvalue weighted by molar-refractivity contribution is 5.20. The maximum atomic E-state index is 3.21. The van der Waals surface area contributed by atoms with Crippen LogP contribution in [0, 0.1) is 0 Å². The first-order valence-electron chi connectivity index (χ1n) is 5.32. The smallest absolute Gasteiger partial charge is 0.0478 e. The molecule has 1 atom stereocenters. The van der Waals surface area contributed by atoms with Gasteiger partial charge < -0.3 is 5.32 Å². The molecule has 1 heterocycles. The van der Waals surface area contributed by atoms with Crippen LogP contribution in [0.3, 0.4) is 0 Å². The monoisotopic (exact) mass is 190 g/mol.